The minimum atomic E-state index is -3.77. The molecule has 23 heavy (non-hydrogen) atoms. The van der Waals surface area contributed by atoms with Crippen LogP contribution >= 0.6 is 0 Å². The van der Waals surface area contributed by atoms with Crippen LogP contribution in [0.1, 0.15) is 11.1 Å². The third-order valence-corrected chi connectivity index (χ3v) is 4.71. The molecule has 0 aromatic heterocycles. The number of nitrogens with one attached hydrogen (secondary N) is 1. The van der Waals surface area contributed by atoms with Crippen LogP contribution in [0.15, 0.2) is 47.4 Å². The second-order valence-corrected chi connectivity index (χ2v) is 6.61. The maximum absolute atomic E-state index is 12.4. The van der Waals surface area contributed by atoms with Gasteiger partial charge in [-0.3, -0.25) is 4.72 Å². The van der Waals surface area contributed by atoms with Crippen LogP contribution in [-0.4, -0.2) is 15.0 Å². The lowest BCUT2D eigenvalue weighted by Crippen LogP contribution is -2.13. The summed E-state index contributed by atoms with van der Waals surface area (Å²) in [4.78, 5) is 0.120. The predicted molar refractivity (Wildman–Crippen MR) is 78.8 cm³/mol. The molecule has 1 N–H and O–H groups in total. The summed E-state index contributed by atoms with van der Waals surface area (Å²) in [5.74, 6) is -0.0439. The lowest BCUT2D eigenvalue weighted by Gasteiger charge is -2.10. The fourth-order valence-electron chi connectivity index (χ4n) is 2.23. The van der Waals surface area contributed by atoms with Crippen LogP contribution < -0.4 is 9.46 Å². The summed E-state index contributed by atoms with van der Waals surface area (Å²) < 4.78 is 60.7. The number of hydrogen-bond acceptors (Lipinski definition) is 4. The van der Waals surface area contributed by atoms with Gasteiger partial charge in [0, 0.05) is 5.69 Å². The number of halogens is 2. The maximum atomic E-state index is 12.4. The average Bonchev–Trinajstić information content (AvgIpc) is 2.96. The Kier molecular flexibility index (Phi) is 4.18. The second-order valence-electron chi connectivity index (χ2n) is 4.93. The van der Waals surface area contributed by atoms with Crippen molar-refractivity contribution in [2.24, 2.45) is 0 Å². The molecule has 0 bridgehead atoms. The number of sulfonamides is 1. The summed E-state index contributed by atoms with van der Waals surface area (Å²) in [7, 11) is -3.77. The molecule has 5 nitrogen and oxygen atoms in total. The average molecular weight is 341 g/mol. The Morgan fingerprint density at radius 1 is 1.04 bits per heavy atom. The molecule has 122 valence electrons. The Balaban J connectivity index is 1.78. The van der Waals surface area contributed by atoms with Gasteiger partial charge in [0.2, 0.25) is 0 Å². The molecule has 0 radical (unpaired) electrons. The molecule has 1 heterocycles. The number of alkyl halides is 2. The summed E-state index contributed by atoms with van der Waals surface area (Å²) in [5, 5.41) is 0. The molecular formula is C15H13F2NO4S. The third-order valence-electron chi connectivity index (χ3n) is 3.33. The van der Waals surface area contributed by atoms with Gasteiger partial charge in [-0.1, -0.05) is 6.07 Å². The summed E-state index contributed by atoms with van der Waals surface area (Å²) >= 11 is 0. The van der Waals surface area contributed by atoms with Crippen LogP contribution in [0, 0.1) is 0 Å². The lowest BCUT2D eigenvalue weighted by molar-refractivity contribution is -0.0498. The predicted octanol–water partition coefficient (Wildman–Crippen LogP) is 3.12. The second kappa shape index (κ2) is 6.13. The van der Waals surface area contributed by atoms with E-state index in [1.165, 1.54) is 30.3 Å². The first-order valence-corrected chi connectivity index (χ1v) is 8.19. The molecule has 2 aromatic rings. The molecule has 0 saturated heterocycles. The minimum absolute atomic E-state index is 0.0439. The van der Waals surface area contributed by atoms with Gasteiger partial charge < -0.3 is 9.47 Å². The van der Waals surface area contributed by atoms with Crippen LogP contribution in [0.3, 0.4) is 0 Å². The highest BCUT2D eigenvalue weighted by molar-refractivity contribution is 7.92. The molecule has 0 amide bonds. The first kappa shape index (κ1) is 15.7. The van der Waals surface area contributed by atoms with Crippen molar-refractivity contribution in [3.63, 3.8) is 0 Å². The Labute approximate surface area is 131 Å². The number of benzene rings is 2. The molecule has 0 aliphatic carbocycles. The largest absolute Gasteiger partial charge is 0.435 e. The van der Waals surface area contributed by atoms with Gasteiger partial charge in [0.1, 0.15) is 5.75 Å². The molecule has 0 fully saturated rings. The van der Waals surface area contributed by atoms with Crippen molar-refractivity contribution in [1.82, 2.24) is 0 Å². The smallest absolute Gasteiger partial charge is 0.387 e. The van der Waals surface area contributed by atoms with E-state index in [1.807, 2.05) is 0 Å². The van der Waals surface area contributed by atoms with Crippen LogP contribution in [-0.2, 0) is 28.0 Å². The zero-order chi connectivity index (χ0) is 16.4. The van der Waals surface area contributed by atoms with Gasteiger partial charge in [-0.2, -0.15) is 8.78 Å². The Morgan fingerprint density at radius 2 is 1.74 bits per heavy atom. The molecule has 0 unspecified atom stereocenters. The third kappa shape index (κ3) is 3.59. The van der Waals surface area contributed by atoms with Crippen molar-refractivity contribution in [2.45, 2.75) is 24.7 Å². The van der Waals surface area contributed by atoms with E-state index in [4.69, 9.17) is 4.74 Å². The van der Waals surface area contributed by atoms with Crippen molar-refractivity contribution in [1.29, 1.82) is 0 Å². The molecule has 1 aliphatic heterocycles. The summed E-state index contributed by atoms with van der Waals surface area (Å²) in [6.07, 6.45) is 0. The quantitative estimate of drug-likeness (QED) is 0.907. The molecule has 3 rings (SSSR count). The lowest BCUT2D eigenvalue weighted by atomic mass is 10.1. The number of rotatable bonds is 5. The Hall–Kier alpha value is -2.19. The van der Waals surface area contributed by atoms with Crippen LogP contribution in [0.4, 0.5) is 14.5 Å². The van der Waals surface area contributed by atoms with E-state index in [2.05, 4.69) is 9.46 Å². The Bertz CT molecular complexity index is 807. The SMILES string of the molecule is O=S(=O)(Nc1ccc(OC(F)F)cc1)c1ccc2c(c1)COC2. The molecule has 0 spiro atoms. The van der Waals surface area contributed by atoms with Crippen LogP contribution in [0.5, 0.6) is 5.75 Å². The fraction of sp³-hybridized carbons (Fsp3) is 0.200. The summed E-state index contributed by atoms with van der Waals surface area (Å²) in [5.41, 5.74) is 2.06. The number of hydrogen-bond donors (Lipinski definition) is 1. The molecule has 0 saturated carbocycles. The molecular weight excluding hydrogens is 328 g/mol. The van der Waals surface area contributed by atoms with Gasteiger partial charge in [0.05, 0.1) is 18.1 Å². The highest BCUT2D eigenvalue weighted by Crippen LogP contribution is 2.25. The Morgan fingerprint density at radius 3 is 2.43 bits per heavy atom. The summed E-state index contributed by atoms with van der Waals surface area (Å²) in [6.45, 7) is -2.06. The first-order chi connectivity index (χ1) is 10.9. The van der Waals surface area contributed by atoms with Gasteiger partial charge in [-0.25, -0.2) is 8.42 Å². The standard InChI is InChI=1S/C15H13F2NO4S/c16-15(17)22-13-4-2-12(3-5-13)18-23(19,20)14-6-1-10-8-21-9-11(10)7-14/h1-7,15,18H,8-9H2. The van der Waals surface area contributed by atoms with Crippen molar-refractivity contribution in [3.05, 3.63) is 53.6 Å². The maximum Gasteiger partial charge on any atom is 0.387 e. The molecule has 0 atom stereocenters. The normalized spacial score (nSPS) is 13.9. The van der Waals surface area contributed by atoms with E-state index in [1.54, 1.807) is 12.1 Å². The first-order valence-electron chi connectivity index (χ1n) is 6.71. The zero-order valence-corrected chi connectivity index (χ0v) is 12.6. The summed E-state index contributed by atoms with van der Waals surface area (Å²) in [6, 6.07) is 10.0. The van der Waals surface area contributed by atoms with Gasteiger partial charge in [0.25, 0.3) is 10.0 Å². The number of fused-ring (bicyclic) bond motifs is 1. The van der Waals surface area contributed by atoms with Crippen molar-refractivity contribution < 1.29 is 26.7 Å². The van der Waals surface area contributed by atoms with Crippen molar-refractivity contribution in [3.8, 4) is 5.75 Å². The van der Waals surface area contributed by atoms with Crippen LogP contribution in [0.2, 0.25) is 0 Å². The number of anilines is 1. The highest BCUT2D eigenvalue weighted by atomic mass is 32.2. The van der Waals surface area contributed by atoms with Crippen molar-refractivity contribution >= 4 is 15.7 Å². The topological polar surface area (TPSA) is 64.6 Å². The monoisotopic (exact) mass is 341 g/mol. The van der Waals surface area contributed by atoms with E-state index in [0.29, 0.717) is 13.2 Å². The fourth-order valence-corrected chi connectivity index (χ4v) is 3.34. The minimum Gasteiger partial charge on any atom is -0.435 e. The van der Waals surface area contributed by atoms with Crippen molar-refractivity contribution in [2.75, 3.05) is 4.72 Å². The van der Waals surface area contributed by atoms with Gasteiger partial charge in [0.15, 0.2) is 0 Å². The van der Waals surface area contributed by atoms with E-state index in [0.717, 1.165) is 11.1 Å². The van der Waals surface area contributed by atoms with Gasteiger partial charge in [-0.15, -0.1) is 0 Å². The van der Waals surface area contributed by atoms with E-state index in [9.17, 15) is 17.2 Å². The van der Waals surface area contributed by atoms with Gasteiger partial charge >= 0.3 is 6.61 Å². The highest BCUT2D eigenvalue weighted by Gasteiger charge is 2.19. The molecule has 1 aliphatic rings. The molecule has 8 heteroatoms. The van der Waals surface area contributed by atoms with E-state index < -0.39 is 16.6 Å². The van der Waals surface area contributed by atoms with Crippen LogP contribution in [0.25, 0.3) is 0 Å². The van der Waals surface area contributed by atoms with Gasteiger partial charge in [-0.05, 0) is 47.5 Å². The molecule has 2 aromatic carbocycles. The van der Waals surface area contributed by atoms with E-state index >= 15 is 0 Å². The number of ether oxygens (including phenoxy) is 2. The zero-order valence-electron chi connectivity index (χ0n) is 11.8. The van der Waals surface area contributed by atoms with E-state index in [-0.39, 0.29) is 16.3 Å².